The van der Waals surface area contributed by atoms with Gasteiger partial charge in [0, 0.05) is 25.3 Å². The quantitative estimate of drug-likeness (QED) is 0.329. The minimum absolute atomic E-state index is 0.187. The average Bonchev–Trinajstić information content (AvgIpc) is 3.35. The summed E-state index contributed by atoms with van der Waals surface area (Å²) in [5, 5.41) is 10.8. The largest absolute Gasteiger partial charge is 0.394 e. The number of nitrogens with zero attached hydrogens (tertiary/aromatic N) is 3. The molecule has 8 heteroatoms. The van der Waals surface area contributed by atoms with Crippen LogP contribution in [0.25, 0.3) is 0 Å². The fourth-order valence-electron chi connectivity index (χ4n) is 7.87. The molecule has 232 valence electrons. The fraction of sp³-hybridized carbons (Fsp3) is 0.472. The Hall–Kier alpha value is -3.75. The molecule has 44 heavy (non-hydrogen) atoms. The summed E-state index contributed by atoms with van der Waals surface area (Å²) in [6, 6.07) is 17.5. The molecule has 0 aromatic heterocycles. The number of carbonyl (C=O) groups is 3. The van der Waals surface area contributed by atoms with E-state index in [1.54, 1.807) is 9.80 Å². The lowest BCUT2D eigenvalue weighted by atomic mass is 9.73. The molecule has 6 atom stereocenters. The van der Waals surface area contributed by atoms with Crippen LogP contribution < -0.4 is 4.90 Å². The van der Waals surface area contributed by atoms with Crippen molar-refractivity contribution in [2.75, 3.05) is 31.1 Å². The van der Waals surface area contributed by atoms with Gasteiger partial charge in [-0.15, -0.1) is 0 Å². The number of amides is 3. The van der Waals surface area contributed by atoms with E-state index in [4.69, 9.17) is 4.74 Å². The lowest BCUT2D eigenvalue weighted by molar-refractivity contribution is -0.155. The van der Waals surface area contributed by atoms with Crippen LogP contribution in [0.1, 0.15) is 45.1 Å². The molecule has 8 nitrogen and oxygen atoms in total. The molecule has 1 unspecified atom stereocenters. The Bertz CT molecular complexity index is 1430. The Morgan fingerprint density at radius 2 is 1.57 bits per heavy atom. The van der Waals surface area contributed by atoms with Crippen molar-refractivity contribution in [2.24, 2.45) is 11.8 Å². The molecule has 4 aliphatic heterocycles. The van der Waals surface area contributed by atoms with Crippen molar-refractivity contribution in [3.8, 4) is 0 Å². The number of unbranched alkanes of at least 4 members (excludes halogenated alkanes) is 2. The minimum atomic E-state index is -1.35. The number of likely N-dealkylation sites (tertiary alicyclic amines) is 1. The van der Waals surface area contributed by atoms with Crippen molar-refractivity contribution in [3.63, 3.8) is 0 Å². The monoisotopic (exact) mass is 597 g/mol. The van der Waals surface area contributed by atoms with Crippen LogP contribution in [0.4, 0.5) is 5.69 Å². The average molecular weight is 598 g/mol. The molecule has 1 N–H and O–H groups in total. The van der Waals surface area contributed by atoms with Gasteiger partial charge in [0.15, 0.2) is 0 Å². The normalized spacial score (nSPS) is 30.2. The zero-order valence-electron chi connectivity index (χ0n) is 25.7. The van der Waals surface area contributed by atoms with E-state index in [9.17, 15) is 19.5 Å². The molecule has 2 aromatic carbocycles. The molecule has 1 spiro atoms. The lowest BCUT2D eigenvalue weighted by Gasteiger charge is -2.41. The Morgan fingerprint density at radius 3 is 2.25 bits per heavy atom. The molecule has 4 aliphatic rings. The van der Waals surface area contributed by atoms with Gasteiger partial charge in [0.1, 0.15) is 11.6 Å². The van der Waals surface area contributed by atoms with Crippen LogP contribution in [0.3, 0.4) is 0 Å². The van der Waals surface area contributed by atoms with E-state index in [-0.39, 0.29) is 24.3 Å². The number of hydrogen-bond donors (Lipinski definition) is 1. The highest BCUT2D eigenvalue weighted by Crippen LogP contribution is 2.59. The number of fused-ring (bicyclic) bond motifs is 2. The number of benzene rings is 2. The van der Waals surface area contributed by atoms with Gasteiger partial charge in [0.05, 0.1) is 30.1 Å². The Morgan fingerprint density at radius 1 is 0.864 bits per heavy atom. The maximum absolute atomic E-state index is 14.9. The summed E-state index contributed by atoms with van der Waals surface area (Å²) in [6.07, 6.45) is 11.5. The van der Waals surface area contributed by atoms with Gasteiger partial charge in [-0.25, -0.2) is 0 Å². The molecule has 4 heterocycles. The van der Waals surface area contributed by atoms with E-state index < -0.39 is 35.1 Å². The number of carbonyl (C=O) groups excluding carboxylic acids is 3. The summed E-state index contributed by atoms with van der Waals surface area (Å²) < 4.78 is 7.11. The van der Waals surface area contributed by atoms with Gasteiger partial charge in [0.2, 0.25) is 17.7 Å². The highest BCUT2D eigenvalue weighted by atomic mass is 16.5. The van der Waals surface area contributed by atoms with Crippen LogP contribution in [0, 0.1) is 11.8 Å². The third-order valence-electron chi connectivity index (χ3n) is 9.98. The SMILES string of the molecule is CCCCCN1CC=C[C@]23O[C@@]4(CC)C=CCN(c5ccccc5)C(=O)[C@H]4[C@H]2C(=O)N([C@@H](CO)Cc2ccccc2)C3C1=O. The predicted molar refractivity (Wildman–Crippen MR) is 169 cm³/mol. The molecule has 3 amide bonds. The van der Waals surface area contributed by atoms with E-state index in [0.717, 1.165) is 30.5 Å². The van der Waals surface area contributed by atoms with Gasteiger partial charge in [0.25, 0.3) is 0 Å². The number of rotatable bonds is 10. The van der Waals surface area contributed by atoms with Gasteiger partial charge in [-0.05, 0) is 37.0 Å². The number of anilines is 1. The van der Waals surface area contributed by atoms with E-state index >= 15 is 0 Å². The van der Waals surface area contributed by atoms with Crippen LogP contribution in [-0.4, -0.2) is 82.2 Å². The minimum Gasteiger partial charge on any atom is -0.394 e. The number of aliphatic hydroxyl groups is 1. The first-order valence-electron chi connectivity index (χ1n) is 16.1. The molecule has 2 saturated heterocycles. The van der Waals surface area contributed by atoms with Crippen molar-refractivity contribution in [1.29, 1.82) is 0 Å². The fourth-order valence-corrected chi connectivity index (χ4v) is 7.87. The maximum atomic E-state index is 14.9. The van der Waals surface area contributed by atoms with E-state index in [1.807, 2.05) is 96.8 Å². The number of aliphatic hydroxyl groups excluding tert-OH is 1. The summed E-state index contributed by atoms with van der Waals surface area (Å²) >= 11 is 0. The van der Waals surface area contributed by atoms with Gasteiger partial charge >= 0.3 is 0 Å². The summed E-state index contributed by atoms with van der Waals surface area (Å²) in [4.78, 5) is 49.3. The molecule has 0 saturated carbocycles. The molecular formula is C36H43N3O5. The first kappa shape index (κ1) is 30.3. The first-order valence-corrected chi connectivity index (χ1v) is 16.1. The summed E-state index contributed by atoms with van der Waals surface area (Å²) in [6.45, 7) is 5.12. The first-order chi connectivity index (χ1) is 21.4. The van der Waals surface area contributed by atoms with Crippen molar-refractivity contribution in [1.82, 2.24) is 9.80 Å². The highest BCUT2D eigenvalue weighted by molar-refractivity contribution is 6.04. The third kappa shape index (κ3) is 4.88. The molecular weight excluding hydrogens is 554 g/mol. The Kier molecular flexibility index (Phi) is 8.49. The maximum Gasteiger partial charge on any atom is 0.249 e. The third-order valence-corrected chi connectivity index (χ3v) is 9.98. The van der Waals surface area contributed by atoms with E-state index in [1.165, 1.54) is 0 Å². The van der Waals surface area contributed by atoms with Gasteiger partial charge in [-0.3, -0.25) is 14.4 Å². The highest BCUT2D eigenvalue weighted by Gasteiger charge is 2.76. The van der Waals surface area contributed by atoms with Crippen molar-refractivity contribution in [3.05, 3.63) is 90.5 Å². The Balaban J connectivity index is 1.47. The van der Waals surface area contributed by atoms with Crippen molar-refractivity contribution >= 4 is 23.4 Å². The standard InChI is InChI=1S/C36H43N3O5/c1-3-5-12-21-37-22-14-20-36-30(33(42)39(31(36)34(37)43)28(25-40)24-26-15-8-6-9-16-26)29-32(41)38(27-17-10-7-11-18-27)23-13-19-35(29,4-2)44-36/h6-11,13-20,28-31,40H,3-5,12,21-25H2,1-2H3/t28-,29-,30+,31?,35+,36+/m1/s1. The second-order valence-electron chi connectivity index (χ2n) is 12.5. The number of para-hydroxylation sites is 1. The zero-order chi connectivity index (χ0) is 30.9. The molecule has 0 radical (unpaired) electrons. The van der Waals surface area contributed by atoms with Crippen molar-refractivity contribution < 1.29 is 24.2 Å². The second kappa shape index (κ2) is 12.3. The van der Waals surface area contributed by atoms with Crippen LogP contribution in [0.2, 0.25) is 0 Å². The molecule has 6 rings (SSSR count). The van der Waals surface area contributed by atoms with Crippen LogP contribution in [0.15, 0.2) is 85.0 Å². The summed E-state index contributed by atoms with van der Waals surface area (Å²) in [7, 11) is 0. The predicted octanol–water partition coefficient (Wildman–Crippen LogP) is 4.14. The van der Waals surface area contributed by atoms with Gasteiger partial charge in [-0.1, -0.05) is 99.5 Å². The molecule has 2 fully saturated rings. The molecule has 0 aliphatic carbocycles. The second-order valence-corrected chi connectivity index (χ2v) is 12.5. The Labute approximate surface area is 260 Å². The summed E-state index contributed by atoms with van der Waals surface area (Å²) in [5.41, 5.74) is -0.699. The smallest absolute Gasteiger partial charge is 0.249 e. The molecule has 0 bridgehead atoms. The van der Waals surface area contributed by atoms with Crippen molar-refractivity contribution in [2.45, 2.75) is 69.2 Å². The molecule has 2 aromatic rings. The summed E-state index contributed by atoms with van der Waals surface area (Å²) in [5.74, 6) is -2.45. The van der Waals surface area contributed by atoms with E-state index in [0.29, 0.717) is 32.5 Å². The van der Waals surface area contributed by atoms with Crippen LogP contribution in [-0.2, 0) is 25.5 Å². The lowest BCUT2D eigenvalue weighted by Crippen LogP contribution is -2.59. The van der Waals surface area contributed by atoms with Gasteiger partial charge < -0.3 is 24.5 Å². The van der Waals surface area contributed by atoms with Crippen LogP contribution in [0.5, 0.6) is 0 Å². The zero-order valence-corrected chi connectivity index (χ0v) is 25.7. The topological polar surface area (TPSA) is 90.4 Å². The number of hydrogen-bond acceptors (Lipinski definition) is 5. The van der Waals surface area contributed by atoms with E-state index in [2.05, 4.69) is 6.92 Å². The van der Waals surface area contributed by atoms with Gasteiger partial charge in [-0.2, -0.15) is 0 Å². The van der Waals surface area contributed by atoms with Crippen LogP contribution >= 0.6 is 0 Å². The number of ether oxygens (including phenoxy) is 1.